The fraction of sp³-hybridized carbons (Fsp3) is 0.231. The molecular formula is C13H14O. The van der Waals surface area contributed by atoms with E-state index in [1.165, 1.54) is 12.8 Å². The number of benzene rings is 1. The van der Waals surface area contributed by atoms with E-state index in [9.17, 15) is 5.11 Å². The molecule has 0 bridgehead atoms. The highest BCUT2D eigenvalue weighted by molar-refractivity contribution is 5.77. The van der Waals surface area contributed by atoms with Crippen LogP contribution in [0.2, 0.25) is 0 Å². The summed E-state index contributed by atoms with van der Waals surface area (Å²) in [5.74, 6) is 0.912. The van der Waals surface area contributed by atoms with Crippen molar-refractivity contribution in [2.75, 3.05) is 0 Å². The van der Waals surface area contributed by atoms with Crippen LogP contribution in [-0.2, 0) is 0 Å². The zero-order valence-electron chi connectivity index (χ0n) is 8.16. The summed E-state index contributed by atoms with van der Waals surface area (Å²) in [5, 5.41) is 9.63. The number of aromatic hydroxyl groups is 1. The van der Waals surface area contributed by atoms with E-state index in [-0.39, 0.29) is 0 Å². The Balaban J connectivity index is 2.45. The van der Waals surface area contributed by atoms with Gasteiger partial charge in [-0.1, -0.05) is 31.4 Å². The zero-order valence-corrected chi connectivity index (χ0v) is 8.16. The predicted molar refractivity (Wildman–Crippen MR) is 60.0 cm³/mol. The lowest BCUT2D eigenvalue weighted by molar-refractivity contribution is 0.474. The molecule has 72 valence electrons. The minimum Gasteiger partial charge on any atom is -0.507 e. The van der Waals surface area contributed by atoms with E-state index < -0.39 is 0 Å². The predicted octanol–water partition coefficient (Wildman–Crippen LogP) is 3.46. The highest BCUT2D eigenvalue weighted by atomic mass is 16.3. The number of rotatable bonds is 3. The molecule has 0 aliphatic heterocycles. The molecule has 2 rings (SSSR count). The number of phenols is 1. The standard InChI is InChI=1S/C13H14O/c1-3-11-12(5-4-6-13(11)14)9(2)10-7-8-10/h3-6,10,14H,1-2,7-8H2. The van der Waals surface area contributed by atoms with Gasteiger partial charge in [-0.05, 0) is 36.0 Å². The highest BCUT2D eigenvalue weighted by Crippen LogP contribution is 2.43. The van der Waals surface area contributed by atoms with Crippen molar-refractivity contribution < 1.29 is 5.11 Å². The van der Waals surface area contributed by atoms with Crippen LogP contribution in [0, 0.1) is 5.92 Å². The molecule has 1 nitrogen and oxygen atoms in total. The first-order valence-corrected chi connectivity index (χ1v) is 4.87. The molecule has 1 N–H and O–H groups in total. The summed E-state index contributed by atoms with van der Waals surface area (Å²) in [6.45, 7) is 7.79. The molecule has 0 atom stereocenters. The van der Waals surface area contributed by atoms with Crippen LogP contribution in [0.25, 0.3) is 11.6 Å². The Morgan fingerprint density at radius 1 is 1.43 bits per heavy atom. The first-order chi connectivity index (χ1) is 6.74. The third-order valence-corrected chi connectivity index (χ3v) is 2.70. The molecule has 1 fully saturated rings. The molecule has 1 aromatic carbocycles. The van der Waals surface area contributed by atoms with E-state index in [4.69, 9.17) is 0 Å². The Morgan fingerprint density at radius 3 is 2.71 bits per heavy atom. The van der Waals surface area contributed by atoms with Crippen molar-refractivity contribution in [1.82, 2.24) is 0 Å². The molecule has 0 saturated heterocycles. The van der Waals surface area contributed by atoms with E-state index in [1.807, 2.05) is 12.1 Å². The molecule has 0 heterocycles. The third-order valence-electron chi connectivity index (χ3n) is 2.70. The SMILES string of the molecule is C=Cc1c(O)cccc1C(=C)C1CC1. The summed E-state index contributed by atoms with van der Waals surface area (Å²) in [6, 6.07) is 5.53. The Bertz CT molecular complexity index is 386. The summed E-state index contributed by atoms with van der Waals surface area (Å²) >= 11 is 0. The van der Waals surface area contributed by atoms with Crippen LogP contribution in [0.15, 0.2) is 31.4 Å². The van der Waals surface area contributed by atoms with Gasteiger partial charge in [0.25, 0.3) is 0 Å². The summed E-state index contributed by atoms with van der Waals surface area (Å²) in [6.07, 6.45) is 4.15. The summed E-state index contributed by atoms with van der Waals surface area (Å²) in [5.41, 5.74) is 2.99. The molecule has 1 aromatic rings. The Kier molecular flexibility index (Phi) is 2.16. The Labute approximate surface area is 84.4 Å². The topological polar surface area (TPSA) is 20.2 Å². The number of phenolic OH excluding ortho intramolecular Hbond substituents is 1. The fourth-order valence-corrected chi connectivity index (χ4v) is 1.70. The normalized spacial score (nSPS) is 15.1. The van der Waals surface area contributed by atoms with Crippen LogP contribution in [-0.4, -0.2) is 5.11 Å². The lowest BCUT2D eigenvalue weighted by Crippen LogP contribution is -1.89. The van der Waals surface area contributed by atoms with Crippen molar-refractivity contribution in [3.8, 4) is 5.75 Å². The van der Waals surface area contributed by atoms with Crippen molar-refractivity contribution in [3.63, 3.8) is 0 Å². The van der Waals surface area contributed by atoms with Crippen LogP contribution >= 0.6 is 0 Å². The maximum atomic E-state index is 9.63. The van der Waals surface area contributed by atoms with Crippen molar-refractivity contribution in [2.24, 2.45) is 5.92 Å². The van der Waals surface area contributed by atoms with Gasteiger partial charge in [0.2, 0.25) is 0 Å². The number of allylic oxidation sites excluding steroid dienone is 1. The molecule has 0 unspecified atom stereocenters. The molecule has 14 heavy (non-hydrogen) atoms. The fourth-order valence-electron chi connectivity index (χ4n) is 1.70. The van der Waals surface area contributed by atoms with E-state index in [1.54, 1.807) is 12.1 Å². The third kappa shape index (κ3) is 1.46. The minimum atomic E-state index is 0.291. The largest absolute Gasteiger partial charge is 0.507 e. The van der Waals surface area contributed by atoms with Gasteiger partial charge in [0.1, 0.15) is 5.75 Å². The molecule has 0 radical (unpaired) electrons. The molecule has 1 aliphatic carbocycles. The first-order valence-electron chi connectivity index (χ1n) is 4.87. The van der Waals surface area contributed by atoms with Crippen molar-refractivity contribution in [1.29, 1.82) is 0 Å². The van der Waals surface area contributed by atoms with Gasteiger partial charge < -0.3 is 5.11 Å². The quantitative estimate of drug-likeness (QED) is 0.766. The Hall–Kier alpha value is -1.50. The molecule has 1 heteroatoms. The van der Waals surface area contributed by atoms with E-state index in [0.29, 0.717) is 11.7 Å². The summed E-state index contributed by atoms with van der Waals surface area (Å²) < 4.78 is 0. The van der Waals surface area contributed by atoms with Crippen LogP contribution in [0.3, 0.4) is 0 Å². The van der Waals surface area contributed by atoms with Crippen LogP contribution in [0.5, 0.6) is 5.75 Å². The molecule has 1 saturated carbocycles. The van der Waals surface area contributed by atoms with E-state index in [2.05, 4.69) is 13.2 Å². The maximum Gasteiger partial charge on any atom is 0.123 e. The van der Waals surface area contributed by atoms with Crippen molar-refractivity contribution >= 4 is 11.6 Å². The second kappa shape index (κ2) is 3.33. The van der Waals surface area contributed by atoms with Crippen molar-refractivity contribution in [2.45, 2.75) is 12.8 Å². The van der Waals surface area contributed by atoms with Gasteiger partial charge in [-0.15, -0.1) is 0 Å². The van der Waals surface area contributed by atoms with Gasteiger partial charge in [0.05, 0.1) is 0 Å². The van der Waals surface area contributed by atoms with Gasteiger partial charge in [-0.2, -0.15) is 0 Å². The van der Waals surface area contributed by atoms with Gasteiger partial charge in [-0.25, -0.2) is 0 Å². The average Bonchev–Trinajstić information content (AvgIpc) is 2.99. The number of hydrogen-bond acceptors (Lipinski definition) is 1. The maximum absolute atomic E-state index is 9.63. The molecule has 0 aromatic heterocycles. The van der Waals surface area contributed by atoms with Crippen LogP contribution < -0.4 is 0 Å². The van der Waals surface area contributed by atoms with E-state index in [0.717, 1.165) is 16.7 Å². The first kappa shape index (κ1) is 9.07. The monoisotopic (exact) mass is 186 g/mol. The van der Waals surface area contributed by atoms with Gasteiger partial charge in [-0.3, -0.25) is 0 Å². The van der Waals surface area contributed by atoms with Gasteiger partial charge in [0.15, 0.2) is 0 Å². The second-order valence-electron chi connectivity index (χ2n) is 3.74. The molecule has 1 aliphatic rings. The summed E-state index contributed by atoms with van der Waals surface area (Å²) in [4.78, 5) is 0. The molecular weight excluding hydrogens is 172 g/mol. The molecule has 0 spiro atoms. The average molecular weight is 186 g/mol. The lowest BCUT2D eigenvalue weighted by Gasteiger charge is -2.09. The zero-order chi connectivity index (χ0) is 10.1. The number of hydrogen-bond donors (Lipinski definition) is 1. The van der Waals surface area contributed by atoms with Crippen molar-refractivity contribution in [3.05, 3.63) is 42.5 Å². The van der Waals surface area contributed by atoms with Gasteiger partial charge in [0, 0.05) is 5.56 Å². The minimum absolute atomic E-state index is 0.291. The van der Waals surface area contributed by atoms with E-state index >= 15 is 0 Å². The summed E-state index contributed by atoms with van der Waals surface area (Å²) in [7, 11) is 0. The van der Waals surface area contributed by atoms with Crippen LogP contribution in [0.1, 0.15) is 24.0 Å². The molecule has 0 amide bonds. The second-order valence-corrected chi connectivity index (χ2v) is 3.74. The highest BCUT2D eigenvalue weighted by Gasteiger charge is 2.26. The lowest BCUT2D eigenvalue weighted by atomic mass is 9.97. The van der Waals surface area contributed by atoms with Gasteiger partial charge >= 0.3 is 0 Å². The smallest absolute Gasteiger partial charge is 0.123 e. The van der Waals surface area contributed by atoms with Crippen LogP contribution in [0.4, 0.5) is 0 Å². The Morgan fingerprint density at radius 2 is 2.14 bits per heavy atom.